The van der Waals surface area contributed by atoms with Gasteiger partial charge in [0, 0.05) is 12.8 Å². The van der Waals surface area contributed by atoms with Gasteiger partial charge in [-0.25, -0.2) is 4.79 Å². The predicted molar refractivity (Wildman–Crippen MR) is 134 cm³/mol. The first kappa shape index (κ1) is 33.3. The van der Waals surface area contributed by atoms with Crippen LogP contribution in [0.2, 0.25) is 0 Å². The van der Waals surface area contributed by atoms with E-state index in [0.29, 0.717) is 17.4 Å². The number of hydrogen-bond acceptors (Lipinski definition) is 7. The Labute approximate surface area is 212 Å². The molecule has 0 aliphatic rings. The topological polar surface area (TPSA) is 108 Å². The third-order valence-corrected chi connectivity index (χ3v) is 5.36. The summed E-state index contributed by atoms with van der Waals surface area (Å²) in [6, 6.07) is 0. The van der Waals surface area contributed by atoms with Crippen LogP contribution in [0.25, 0.3) is 0 Å². The molecule has 0 saturated carbocycles. The Morgan fingerprint density at radius 3 is 1.80 bits per heavy atom. The van der Waals surface area contributed by atoms with Crippen molar-refractivity contribution >= 4 is 17.9 Å². The van der Waals surface area contributed by atoms with Crippen molar-refractivity contribution in [1.29, 1.82) is 0 Å². The molecule has 0 spiro atoms. The van der Waals surface area contributed by atoms with E-state index in [1.165, 1.54) is 0 Å². The highest BCUT2D eigenvalue weighted by molar-refractivity contribution is 5.71. The van der Waals surface area contributed by atoms with Crippen molar-refractivity contribution in [3.05, 3.63) is 0 Å². The van der Waals surface area contributed by atoms with Crippen molar-refractivity contribution in [2.75, 3.05) is 47.5 Å². The summed E-state index contributed by atoms with van der Waals surface area (Å²) in [6.45, 7) is 4.62. The van der Waals surface area contributed by atoms with Crippen LogP contribution in [0.4, 0.5) is 0 Å². The molecule has 0 aliphatic heterocycles. The summed E-state index contributed by atoms with van der Waals surface area (Å²) >= 11 is 0. The second kappa shape index (κ2) is 20.5. The summed E-state index contributed by atoms with van der Waals surface area (Å²) in [7, 11) is 5.90. The van der Waals surface area contributed by atoms with Crippen LogP contribution >= 0.6 is 0 Å². The van der Waals surface area contributed by atoms with E-state index < -0.39 is 24.3 Å². The maximum atomic E-state index is 12.3. The molecule has 0 fully saturated rings. The van der Waals surface area contributed by atoms with Gasteiger partial charge in [-0.05, 0) is 12.8 Å². The van der Waals surface area contributed by atoms with Gasteiger partial charge >= 0.3 is 17.9 Å². The molecule has 0 aromatic rings. The predicted octanol–water partition coefficient (Wildman–Crippen LogP) is 4.31. The zero-order chi connectivity index (χ0) is 26.5. The zero-order valence-electron chi connectivity index (χ0n) is 22.7. The lowest BCUT2D eigenvalue weighted by Crippen LogP contribution is -2.40. The van der Waals surface area contributed by atoms with Gasteiger partial charge in [-0.1, -0.05) is 65.2 Å². The Hall–Kier alpha value is -1.71. The Balaban J connectivity index is 4.73. The first-order valence-electron chi connectivity index (χ1n) is 13.2. The average molecular weight is 505 g/mol. The lowest BCUT2D eigenvalue weighted by Gasteiger charge is -2.25. The summed E-state index contributed by atoms with van der Waals surface area (Å²) in [5.74, 6) is -2.05. The number of quaternary nitrogens is 1. The fourth-order valence-corrected chi connectivity index (χ4v) is 3.18. The van der Waals surface area contributed by atoms with E-state index in [-0.39, 0.29) is 32.2 Å². The summed E-state index contributed by atoms with van der Waals surface area (Å²) in [6.07, 6.45) is 8.22. The fraction of sp³-hybridized carbons (Fsp3) is 0.885. The minimum Gasteiger partial charge on any atom is -0.477 e. The average Bonchev–Trinajstić information content (AvgIpc) is 2.78. The maximum Gasteiger partial charge on any atom is 0.361 e. The molecule has 9 heteroatoms. The van der Waals surface area contributed by atoms with Gasteiger partial charge < -0.3 is 28.5 Å². The van der Waals surface area contributed by atoms with Gasteiger partial charge in [-0.3, -0.25) is 9.59 Å². The number of carboxylic acid groups (broad SMARTS) is 1. The fourth-order valence-electron chi connectivity index (χ4n) is 3.18. The SMILES string of the molecule is CCCCCCCC(=O)OCC(COC(OCC[N+](C)(C)C)C(=O)O)OC(=O)CCCCCCC. The van der Waals surface area contributed by atoms with Crippen LogP contribution in [0.1, 0.15) is 90.9 Å². The van der Waals surface area contributed by atoms with Gasteiger partial charge in [0.25, 0.3) is 6.29 Å². The van der Waals surface area contributed by atoms with Crippen LogP contribution in [-0.4, -0.2) is 87.4 Å². The molecular weight excluding hydrogens is 454 g/mol. The van der Waals surface area contributed by atoms with Gasteiger partial charge in [-0.2, -0.15) is 0 Å². The lowest BCUT2D eigenvalue weighted by molar-refractivity contribution is -0.870. The number of carbonyl (C=O) groups is 3. The number of carboxylic acids is 1. The number of likely N-dealkylation sites (N-methyl/N-ethyl adjacent to an activating group) is 1. The van der Waals surface area contributed by atoms with E-state index in [4.69, 9.17) is 18.9 Å². The molecule has 206 valence electrons. The van der Waals surface area contributed by atoms with Crippen LogP contribution in [0.3, 0.4) is 0 Å². The second-order valence-corrected chi connectivity index (χ2v) is 10.0. The van der Waals surface area contributed by atoms with Crippen molar-refractivity contribution in [1.82, 2.24) is 0 Å². The van der Waals surface area contributed by atoms with E-state index in [9.17, 15) is 19.5 Å². The third-order valence-electron chi connectivity index (χ3n) is 5.36. The Kier molecular flexibility index (Phi) is 19.5. The number of hydrogen-bond donors (Lipinski definition) is 1. The Morgan fingerprint density at radius 1 is 0.743 bits per heavy atom. The van der Waals surface area contributed by atoms with E-state index in [0.717, 1.165) is 64.2 Å². The number of unbranched alkanes of at least 4 members (excludes halogenated alkanes) is 8. The van der Waals surface area contributed by atoms with E-state index >= 15 is 0 Å². The normalized spacial score (nSPS) is 13.3. The molecule has 2 atom stereocenters. The van der Waals surface area contributed by atoms with Crippen molar-refractivity contribution < 1.29 is 42.9 Å². The van der Waals surface area contributed by atoms with Gasteiger partial charge in [0.2, 0.25) is 0 Å². The standard InChI is InChI=1S/C26H49NO8/c1-6-8-10-12-14-16-23(28)33-20-22(35-24(29)17-15-13-11-9-7-2)21-34-26(25(30)31)32-19-18-27(3,4)5/h22,26H,6-21H2,1-5H3/p+1. The van der Waals surface area contributed by atoms with Crippen molar-refractivity contribution in [3.8, 4) is 0 Å². The Morgan fingerprint density at radius 2 is 1.29 bits per heavy atom. The van der Waals surface area contributed by atoms with Crippen molar-refractivity contribution in [2.24, 2.45) is 0 Å². The van der Waals surface area contributed by atoms with Gasteiger partial charge in [0.05, 0.1) is 34.4 Å². The van der Waals surface area contributed by atoms with Gasteiger partial charge in [0.1, 0.15) is 13.2 Å². The molecule has 0 bridgehead atoms. The summed E-state index contributed by atoms with van der Waals surface area (Å²) in [5.41, 5.74) is 0. The number of nitrogens with zero attached hydrogens (tertiary/aromatic N) is 1. The van der Waals surface area contributed by atoms with E-state index in [1.54, 1.807) is 0 Å². The number of ether oxygens (including phenoxy) is 4. The van der Waals surface area contributed by atoms with Crippen LogP contribution < -0.4 is 0 Å². The molecule has 0 amide bonds. The third kappa shape index (κ3) is 21.3. The van der Waals surface area contributed by atoms with E-state index in [1.807, 2.05) is 21.1 Å². The molecule has 35 heavy (non-hydrogen) atoms. The van der Waals surface area contributed by atoms with E-state index in [2.05, 4.69) is 13.8 Å². The minimum atomic E-state index is -1.49. The van der Waals surface area contributed by atoms with Gasteiger partial charge in [0.15, 0.2) is 6.10 Å². The molecule has 0 saturated heterocycles. The number of carbonyl (C=O) groups excluding carboxylic acids is 2. The van der Waals surface area contributed by atoms with Gasteiger partial charge in [-0.15, -0.1) is 0 Å². The molecular formula is C26H50NO8+. The van der Waals surface area contributed by atoms with Crippen LogP contribution in [0.15, 0.2) is 0 Å². The molecule has 0 aliphatic carbocycles. The number of rotatable bonds is 23. The highest BCUT2D eigenvalue weighted by Crippen LogP contribution is 2.10. The molecule has 9 nitrogen and oxygen atoms in total. The Bertz CT molecular complexity index is 576. The van der Waals surface area contributed by atoms with Crippen LogP contribution in [0.5, 0.6) is 0 Å². The van der Waals surface area contributed by atoms with Crippen molar-refractivity contribution in [3.63, 3.8) is 0 Å². The minimum absolute atomic E-state index is 0.180. The highest BCUT2D eigenvalue weighted by atomic mass is 16.7. The molecule has 0 heterocycles. The maximum absolute atomic E-state index is 12.3. The first-order chi connectivity index (χ1) is 16.6. The molecule has 0 rings (SSSR count). The summed E-state index contributed by atoms with van der Waals surface area (Å²) in [4.78, 5) is 35.9. The number of esters is 2. The smallest absolute Gasteiger partial charge is 0.361 e. The van der Waals surface area contributed by atoms with Crippen molar-refractivity contribution in [2.45, 2.75) is 103 Å². The molecule has 0 aromatic heterocycles. The second-order valence-electron chi connectivity index (χ2n) is 10.0. The zero-order valence-corrected chi connectivity index (χ0v) is 22.7. The molecule has 2 unspecified atom stereocenters. The summed E-state index contributed by atoms with van der Waals surface area (Å²) < 4.78 is 22.1. The quantitative estimate of drug-likeness (QED) is 0.0949. The molecule has 0 aromatic carbocycles. The number of aliphatic carboxylic acids is 1. The van der Waals surface area contributed by atoms with Crippen LogP contribution in [0, 0.1) is 0 Å². The van der Waals surface area contributed by atoms with Crippen LogP contribution in [-0.2, 0) is 33.3 Å². The lowest BCUT2D eigenvalue weighted by atomic mass is 10.1. The largest absolute Gasteiger partial charge is 0.477 e. The highest BCUT2D eigenvalue weighted by Gasteiger charge is 2.25. The first-order valence-corrected chi connectivity index (χ1v) is 13.2. The monoisotopic (exact) mass is 504 g/mol. The molecule has 1 N–H and O–H groups in total. The molecule has 0 radical (unpaired) electrons. The summed E-state index contributed by atoms with van der Waals surface area (Å²) in [5, 5.41) is 9.41.